The number of alkyl carbamates (subject to hydrolysis) is 1. The van der Waals surface area contributed by atoms with Crippen molar-refractivity contribution in [2.45, 2.75) is 109 Å². The molecule has 3 aliphatic rings. The normalized spacial score (nSPS) is 18.5. The molecule has 274 valence electrons. The summed E-state index contributed by atoms with van der Waals surface area (Å²) in [7, 11) is 0. The predicted molar refractivity (Wildman–Crippen MR) is 181 cm³/mol. The van der Waals surface area contributed by atoms with Gasteiger partial charge in [0.1, 0.15) is 12.1 Å². The highest BCUT2D eigenvalue weighted by Gasteiger charge is 2.39. The van der Waals surface area contributed by atoms with E-state index >= 15 is 0 Å². The van der Waals surface area contributed by atoms with Gasteiger partial charge in [0.05, 0.1) is 19.2 Å². The fraction of sp³-hybridized carbons (Fsp3) is 0.639. The number of aliphatic carboxylic acids is 1. The van der Waals surface area contributed by atoms with Gasteiger partial charge >= 0.3 is 12.1 Å². The van der Waals surface area contributed by atoms with E-state index in [9.17, 15) is 38.7 Å². The Bertz CT molecular complexity index is 1370. The van der Waals surface area contributed by atoms with Crippen LogP contribution in [0.2, 0.25) is 0 Å². The summed E-state index contributed by atoms with van der Waals surface area (Å²) < 4.78 is 5.29. The Morgan fingerprint density at radius 2 is 1.36 bits per heavy atom. The number of carboxylic acids is 1. The number of hydrogen-bond acceptors (Lipinski definition) is 8. The average Bonchev–Trinajstić information content (AvgIpc) is 4.04. The first-order chi connectivity index (χ1) is 23.9. The van der Waals surface area contributed by atoms with Crippen LogP contribution in [0.1, 0.15) is 96.1 Å². The van der Waals surface area contributed by atoms with E-state index in [-0.39, 0.29) is 36.7 Å². The predicted octanol–water partition coefficient (Wildman–Crippen LogP) is 2.51. The summed E-state index contributed by atoms with van der Waals surface area (Å²) in [6.45, 7) is 3.36. The smallest absolute Gasteiger partial charge is 0.407 e. The Labute approximate surface area is 292 Å². The molecule has 6 N–H and O–H groups in total. The quantitative estimate of drug-likeness (QED) is 0.117. The molecule has 3 saturated carbocycles. The van der Waals surface area contributed by atoms with E-state index in [1.165, 1.54) is 0 Å². The molecule has 0 heterocycles. The molecule has 0 aliphatic heterocycles. The first-order valence-electron chi connectivity index (χ1n) is 17.8. The van der Waals surface area contributed by atoms with Crippen LogP contribution in [0.3, 0.4) is 0 Å². The van der Waals surface area contributed by atoms with Gasteiger partial charge in [-0.2, -0.15) is 0 Å². The van der Waals surface area contributed by atoms with Crippen molar-refractivity contribution in [3.8, 4) is 0 Å². The number of carbonyl (C=O) groups is 7. The Kier molecular flexibility index (Phi) is 14.2. The van der Waals surface area contributed by atoms with Gasteiger partial charge in [0.25, 0.3) is 5.91 Å². The van der Waals surface area contributed by atoms with Crippen molar-refractivity contribution in [3.05, 3.63) is 35.9 Å². The summed E-state index contributed by atoms with van der Waals surface area (Å²) in [6, 6.07) is 3.61. The monoisotopic (exact) mass is 697 g/mol. The Hall–Kier alpha value is -4.49. The topological polar surface area (TPSA) is 209 Å². The van der Waals surface area contributed by atoms with Crippen LogP contribution < -0.4 is 26.6 Å². The number of ketones is 1. The number of Topliss-reactive ketones (excluding diaryl/α,β-unsaturated/α-hetero) is 1. The number of benzene rings is 1. The maximum absolute atomic E-state index is 13.7. The largest absolute Gasteiger partial charge is 0.479 e. The number of amides is 5. The number of rotatable bonds is 19. The summed E-state index contributed by atoms with van der Waals surface area (Å²) in [5.41, 5.74) is 0.336. The lowest BCUT2D eigenvalue weighted by molar-refractivity contribution is -0.142. The van der Waals surface area contributed by atoms with Gasteiger partial charge < -0.3 is 36.4 Å². The zero-order valence-corrected chi connectivity index (χ0v) is 28.9. The highest BCUT2D eigenvalue weighted by atomic mass is 16.5. The van der Waals surface area contributed by atoms with Crippen molar-refractivity contribution < 1.29 is 43.4 Å². The minimum Gasteiger partial charge on any atom is -0.479 e. The van der Waals surface area contributed by atoms with Gasteiger partial charge in [-0.3, -0.25) is 24.0 Å². The van der Waals surface area contributed by atoms with Crippen LogP contribution in [0.5, 0.6) is 0 Å². The molecule has 0 radical (unpaired) electrons. The molecule has 4 atom stereocenters. The van der Waals surface area contributed by atoms with Gasteiger partial charge in [0.2, 0.25) is 23.5 Å². The molecule has 14 nitrogen and oxygen atoms in total. The van der Waals surface area contributed by atoms with Crippen LogP contribution in [-0.4, -0.2) is 77.9 Å². The maximum Gasteiger partial charge on any atom is 0.407 e. The minimum atomic E-state index is -1.35. The van der Waals surface area contributed by atoms with Crippen LogP contribution in [0, 0.1) is 23.7 Å². The second-order valence-corrected chi connectivity index (χ2v) is 14.3. The molecule has 50 heavy (non-hydrogen) atoms. The molecular weight excluding hydrogens is 646 g/mol. The third-order valence-electron chi connectivity index (χ3n) is 9.34. The molecule has 14 heteroatoms. The van der Waals surface area contributed by atoms with Gasteiger partial charge in [-0.05, 0) is 54.9 Å². The molecule has 0 aromatic heterocycles. The van der Waals surface area contributed by atoms with Crippen molar-refractivity contribution in [3.63, 3.8) is 0 Å². The summed E-state index contributed by atoms with van der Waals surface area (Å²) >= 11 is 0. The number of carboxylic acid groups (broad SMARTS) is 1. The van der Waals surface area contributed by atoms with Crippen LogP contribution in [0.15, 0.2) is 30.3 Å². The highest BCUT2D eigenvalue weighted by Crippen LogP contribution is 2.35. The lowest BCUT2D eigenvalue weighted by atomic mass is 9.83. The van der Waals surface area contributed by atoms with E-state index in [1.807, 2.05) is 13.8 Å². The van der Waals surface area contributed by atoms with Gasteiger partial charge in [0, 0.05) is 0 Å². The molecule has 3 fully saturated rings. The van der Waals surface area contributed by atoms with E-state index in [4.69, 9.17) is 4.74 Å². The van der Waals surface area contributed by atoms with Crippen molar-refractivity contribution in [2.75, 3.05) is 13.2 Å². The lowest BCUT2D eigenvalue weighted by Gasteiger charge is -2.31. The standard InChI is InChI=1S/C36H51N5O9/c1-21(2)20-50-36(49)41-29(24-9-5-3-6-10-24)33(45)39-27(18-23-15-16-23)32(44)38-26(17-22-13-14-22)31(43)34(46)37-19-28(42)40-30(35(47)48)25-11-7-4-8-12-25/h4,7-8,11-12,21-24,26-27,29-30H,3,5-6,9-10,13-20H2,1-2H3,(H,37,46)(H,38,44)(H,39,45)(H,40,42)(H,41,49)(H,47,48)/t26?,27-,29-,30?/m0/s1. The first kappa shape index (κ1) is 38.3. The molecule has 1 aromatic carbocycles. The summed E-state index contributed by atoms with van der Waals surface area (Å²) in [4.78, 5) is 90.6. The third kappa shape index (κ3) is 12.4. The van der Waals surface area contributed by atoms with E-state index < -0.39 is 72.2 Å². The van der Waals surface area contributed by atoms with Crippen molar-refractivity contribution >= 4 is 41.5 Å². The van der Waals surface area contributed by atoms with E-state index in [2.05, 4.69) is 26.6 Å². The van der Waals surface area contributed by atoms with Crippen LogP contribution in [-0.2, 0) is 33.5 Å². The van der Waals surface area contributed by atoms with E-state index in [1.54, 1.807) is 30.3 Å². The fourth-order valence-corrected chi connectivity index (χ4v) is 6.20. The molecule has 0 bridgehead atoms. The summed E-state index contributed by atoms with van der Waals surface area (Å²) in [5, 5.41) is 22.4. The van der Waals surface area contributed by atoms with Crippen LogP contribution in [0.4, 0.5) is 4.79 Å². The lowest BCUT2D eigenvalue weighted by Crippen LogP contribution is -2.58. The van der Waals surface area contributed by atoms with Gasteiger partial charge in [0.15, 0.2) is 6.04 Å². The Balaban J connectivity index is 1.38. The zero-order chi connectivity index (χ0) is 36.2. The molecule has 0 spiro atoms. The zero-order valence-electron chi connectivity index (χ0n) is 28.9. The molecule has 5 amide bonds. The highest BCUT2D eigenvalue weighted by molar-refractivity contribution is 6.38. The Morgan fingerprint density at radius 1 is 0.760 bits per heavy atom. The molecule has 2 unspecified atom stereocenters. The summed E-state index contributed by atoms with van der Waals surface area (Å²) in [6.07, 6.45) is 7.71. The van der Waals surface area contributed by atoms with E-state index in [0.717, 1.165) is 57.8 Å². The number of nitrogens with one attached hydrogen (secondary N) is 5. The SMILES string of the molecule is CC(C)COC(=O)N[C@H](C(=O)N[C@@H](CC1CC1)C(=O)NC(CC1CC1)C(=O)C(=O)NCC(=O)NC(C(=O)O)c1ccccc1)C1CCCCC1. The molecule has 1 aromatic rings. The number of carbonyl (C=O) groups excluding carboxylic acids is 6. The molecule has 4 rings (SSSR count). The molecule has 3 aliphatic carbocycles. The number of hydrogen-bond donors (Lipinski definition) is 6. The molecule has 0 saturated heterocycles. The van der Waals surface area contributed by atoms with Crippen LogP contribution >= 0.6 is 0 Å². The van der Waals surface area contributed by atoms with Gasteiger partial charge in [-0.1, -0.05) is 89.1 Å². The second kappa shape index (κ2) is 18.5. The van der Waals surface area contributed by atoms with Crippen LogP contribution in [0.25, 0.3) is 0 Å². The summed E-state index contributed by atoms with van der Waals surface area (Å²) in [5.74, 6) is -4.90. The van der Waals surface area contributed by atoms with Gasteiger partial charge in [-0.15, -0.1) is 0 Å². The third-order valence-corrected chi connectivity index (χ3v) is 9.34. The minimum absolute atomic E-state index is 0.115. The molecular formula is C36H51N5O9. The van der Waals surface area contributed by atoms with E-state index in [0.29, 0.717) is 12.0 Å². The average molecular weight is 698 g/mol. The second-order valence-electron chi connectivity index (χ2n) is 14.3. The number of ether oxygens (including phenoxy) is 1. The van der Waals surface area contributed by atoms with Gasteiger partial charge in [-0.25, -0.2) is 9.59 Å². The van der Waals surface area contributed by atoms with Crippen molar-refractivity contribution in [1.82, 2.24) is 26.6 Å². The first-order valence-corrected chi connectivity index (χ1v) is 17.8. The Morgan fingerprint density at radius 3 is 1.94 bits per heavy atom. The fourth-order valence-electron chi connectivity index (χ4n) is 6.20. The maximum atomic E-state index is 13.7. The van der Waals surface area contributed by atoms with Crippen molar-refractivity contribution in [2.24, 2.45) is 23.7 Å². The van der Waals surface area contributed by atoms with Crippen molar-refractivity contribution in [1.29, 1.82) is 0 Å².